The number of hydrogen-bond acceptors (Lipinski definition) is 3. The van der Waals surface area contributed by atoms with E-state index in [-0.39, 0.29) is 5.56 Å². The summed E-state index contributed by atoms with van der Waals surface area (Å²) in [5.41, 5.74) is 1.14. The van der Waals surface area contributed by atoms with Gasteiger partial charge in [0, 0.05) is 19.8 Å². The second-order valence-corrected chi connectivity index (χ2v) is 5.65. The lowest BCUT2D eigenvalue weighted by Crippen LogP contribution is -2.36. The number of aryl methyl sites for hydroxylation is 1. The summed E-state index contributed by atoms with van der Waals surface area (Å²) in [6, 6.07) is 0. The molecule has 0 amide bonds. The molecule has 112 valence electrons. The Hall–Kier alpha value is -1.89. The van der Waals surface area contributed by atoms with Gasteiger partial charge in [-0.2, -0.15) is 0 Å². The summed E-state index contributed by atoms with van der Waals surface area (Å²) >= 11 is 3.36. The Morgan fingerprint density at radius 3 is 2.57 bits per heavy atom. The molecule has 0 spiro atoms. The normalized spacial score (nSPS) is 11.5. The maximum Gasteiger partial charge on any atom is 0.336 e. The van der Waals surface area contributed by atoms with Gasteiger partial charge in [0.1, 0.15) is 0 Å². The summed E-state index contributed by atoms with van der Waals surface area (Å²) in [5.74, 6) is 0. The Kier molecular flexibility index (Phi) is 4.32. The van der Waals surface area contributed by atoms with E-state index >= 15 is 0 Å². The molecule has 2 heterocycles. The fraction of sp³-hybridized carbons (Fsp3) is 0.357. The van der Waals surface area contributed by atoms with E-state index in [9.17, 15) is 9.59 Å². The summed E-state index contributed by atoms with van der Waals surface area (Å²) in [4.78, 5) is 29.0. The van der Waals surface area contributed by atoms with Crippen LogP contribution in [0, 0.1) is 0 Å². The van der Waals surface area contributed by atoms with Gasteiger partial charge >= 0.3 is 5.69 Å². The number of halogens is 1. The van der Waals surface area contributed by atoms with E-state index < -0.39 is 5.69 Å². The van der Waals surface area contributed by atoms with Crippen LogP contribution in [0.3, 0.4) is 0 Å². The largest absolute Gasteiger partial charge is 0.336 e. The third-order valence-electron chi connectivity index (χ3n) is 3.11. The molecule has 0 radical (unpaired) electrons. The molecular weight excluding hydrogens is 336 g/mol. The van der Waals surface area contributed by atoms with E-state index in [4.69, 9.17) is 0 Å². The van der Waals surface area contributed by atoms with E-state index in [1.54, 1.807) is 24.6 Å². The molecule has 6 nitrogen and oxygen atoms in total. The fourth-order valence-corrected chi connectivity index (χ4v) is 2.52. The monoisotopic (exact) mass is 352 g/mol. The fourth-order valence-electron chi connectivity index (χ4n) is 2.03. The molecule has 0 aliphatic rings. The third-order valence-corrected chi connectivity index (χ3v) is 3.72. The smallest absolute Gasteiger partial charge is 0.309 e. The lowest BCUT2D eigenvalue weighted by Gasteiger charge is -2.06. The van der Waals surface area contributed by atoms with Crippen molar-refractivity contribution in [2.75, 3.05) is 0 Å². The number of rotatable bonds is 3. The second kappa shape index (κ2) is 5.85. The summed E-state index contributed by atoms with van der Waals surface area (Å²) in [6.07, 6.45) is 5.12. The molecule has 0 fully saturated rings. The van der Waals surface area contributed by atoms with E-state index in [1.165, 1.54) is 10.8 Å². The SMILES string of the molecule is CC=Cn1c(=O)c2c(nc(Br)n2CC=C(C)C)n(C)c1=O. The minimum Gasteiger partial charge on any atom is -0.309 e. The standard InChI is InChI=1S/C14H17BrN4O2/c1-5-7-19-12(20)10-11(17(4)14(19)21)16-13(15)18(10)8-6-9(2)3/h5-7H,8H2,1-4H3. The summed E-state index contributed by atoms with van der Waals surface area (Å²) in [5, 5.41) is 0. The predicted octanol–water partition coefficient (Wildman–Crippen LogP) is 2.12. The molecule has 0 aliphatic carbocycles. The Morgan fingerprint density at radius 2 is 2.00 bits per heavy atom. The van der Waals surface area contributed by atoms with Crippen LogP contribution >= 0.6 is 15.9 Å². The first kappa shape index (κ1) is 15.5. The van der Waals surface area contributed by atoms with Crippen LogP contribution in [0.4, 0.5) is 0 Å². The van der Waals surface area contributed by atoms with Crippen LogP contribution in [0.15, 0.2) is 32.0 Å². The van der Waals surface area contributed by atoms with Gasteiger partial charge in [0.2, 0.25) is 0 Å². The van der Waals surface area contributed by atoms with E-state index in [0.29, 0.717) is 22.4 Å². The molecule has 7 heteroatoms. The first-order valence-corrected chi connectivity index (χ1v) is 7.31. The average molecular weight is 353 g/mol. The molecule has 0 unspecified atom stereocenters. The lowest BCUT2D eigenvalue weighted by molar-refractivity contribution is 0.774. The minimum atomic E-state index is -0.412. The second-order valence-electron chi connectivity index (χ2n) is 4.94. The van der Waals surface area contributed by atoms with Crippen molar-refractivity contribution in [1.82, 2.24) is 18.7 Å². The summed E-state index contributed by atoms with van der Waals surface area (Å²) < 4.78 is 4.75. The highest BCUT2D eigenvalue weighted by Crippen LogP contribution is 2.16. The number of nitrogens with zero attached hydrogens (tertiary/aromatic N) is 4. The van der Waals surface area contributed by atoms with Gasteiger partial charge in [0.15, 0.2) is 15.9 Å². The van der Waals surface area contributed by atoms with E-state index in [1.807, 2.05) is 19.9 Å². The number of imidazole rings is 1. The third kappa shape index (κ3) is 2.65. The summed E-state index contributed by atoms with van der Waals surface area (Å²) in [7, 11) is 1.61. The van der Waals surface area contributed by atoms with Crippen molar-refractivity contribution in [3.05, 3.63) is 43.3 Å². The van der Waals surface area contributed by atoms with Crippen molar-refractivity contribution in [1.29, 1.82) is 0 Å². The molecule has 2 rings (SSSR count). The predicted molar refractivity (Wildman–Crippen MR) is 87.4 cm³/mol. The quantitative estimate of drug-likeness (QED) is 0.627. The average Bonchev–Trinajstić information content (AvgIpc) is 2.76. The Balaban J connectivity index is 2.90. The molecule has 2 aromatic rings. The van der Waals surface area contributed by atoms with Crippen LogP contribution in [0.25, 0.3) is 17.4 Å². The van der Waals surface area contributed by atoms with Crippen LogP contribution in [-0.4, -0.2) is 18.7 Å². The molecule has 0 saturated carbocycles. The molecule has 0 N–H and O–H groups in total. The number of fused-ring (bicyclic) bond motifs is 1. The highest BCUT2D eigenvalue weighted by Gasteiger charge is 2.17. The van der Waals surface area contributed by atoms with Crippen LogP contribution in [0.1, 0.15) is 20.8 Å². The Bertz CT molecular complexity index is 864. The number of allylic oxidation sites excluding steroid dienone is 3. The van der Waals surface area contributed by atoms with Gasteiger partial charge in [-0.1, -0.05) is 17.7 Å². The Morgan fingerprint density at radius 1 is 1.33 bits per heavy atom. The van der Waals surface area contributed by atoms with Crippen molar-refractivity contribution < 1.29 is 0 Å². The number of aromatic nitrogens is 4. The van der Waals surface area contributed by atoms with Crippen molar-refractivity contribution in [3.63, 3.8) is 0 Å². The first-order chi connectivity index (χ1) is 9.88. The maximum atomic E-state index is 12.6. The van der Waals surface area contributed by atoms with Gasteiger partial charge in [-0.15, -0.1) is 0 Å². The minimum absolute atomic E-state index is 0.369. The van der Waals surface area contributed by atoms with Crippen LogP contribution in [0.2, 0.25) is 0 Å². The van der Waals surface area contributed by atoms with Gasteiger partial charge in [-0.25, -0.2) is 14.3 Å². The Labute approximate surface area is 130 Å². The highest BCUT2D eigenvalue weighted by atomic mass is 79.9. The van der Waals surface area contributed by atoms with Crippen LogP contribution < -0.4 is 11.2 Å². The van der Waals surface area contributed by atoms with E-state index in [0.717, 1.165) is 10.1 Å². The highest BCUT2D eigenvalue weighted by molar-refractivity contribution is 9.10. The summed E-state index contributed by atoms with van der Waals surface area (Å²) in [6.45, 7) is 6.25. The molecule has 0 atom stereocenters. The zero-order valence-corrected chi connectivity index (χ0v) is 14.0. The topological polar surface area (TPSA) is 61.8 Å². The molecular formula is C14H17BrN4O2. The van der Waals surface area contributed by atoms with Gasteiger partial charge in [-0.05, 0) is 36.7 Å². The van der Waals surface area contributed by atoms with Crippen molar-refractivity contribution in [3.8, 4) is 0 Å². The maximum absolute atomic E-state index is 12.6. The van der Waals surface area contributed by atoms with Gasteiger partial charge in [-0.3, -0.25) is 9.36 Å². The molecule has 0 saturated heterocycles. The van der Waals surface area contributed by atoms with Gasteiger partial charge in [0.25, 0.3) is 5.56 Å². The first-order valence-electron chi connectivity index (χ1n) is 6.52. The molecule has 0 bridgehead atoms. The zero-order chi connectivity index (χ0) is 15.7. The van der Waals surface area contributed by atoms with E-state index in [2.05, 4.69) is 20.9 Å². The lowest BCUT2D eigenvalue weighted by atomic mass is 10.3. The molecule has 21 heavy (non-hydrogen) atoms. The molecule has 2 aromatic heterocycles. The van der Waals surface area contributed by atoms with Crippen molar-refractivity contribution in [2.24, 2.45) is 7.05 Å². The number of hydrogen-bond donors (Lipinski definition) is 0. The molecule has 0 aromatic carbocycles. The van der Waals surface area contributed by atoms with Crippen molar-refractivity contribution in [2.45, 2.75) is 27.3 Å². The van der Waals surface area contributed by atoms with Gasteiger partial charge < -0.3 is 4.57 Å². The zero-order valence-electron chi connectivity index (χ0n) is 12.4. The van der Waals surface area contributed by atoms with Crippen LogP contribution in [-0.2, 0) is 13.6 Å². The molecule has 0 aliphatic heterocycles. The van der Waals surface area contributed by atoms with Crippen molar-refractivity contribution >= 4 is 33.3 Å². The van der Waals surface area contributed by atoms with Gasteiger partial charge in [0.05, 0.1) is 0 Å². The van der Waals surface area contributed by atoms with Crippen LogP contribution in [0.5, 0.6) is 0 Å².